The van der Waals surface area contributed by atoms with Gasteiger partial charge in [0.05, 0.1) is 3.79 Å². The quantitative estimate of drug-likeness (QED) is 0.848. The average molecular weight is 360 g/mol. The van der Waals surface area contributed by atoms with E-state index in [2.05, 4.69) is 22.0 Å². The van der Waals surface area contributed by atoms with Crippen molar-refractivity contribution < 1.29 is 14.7 Å². The van der Waals surface area contributed by atoms with Gasteiger partial charge in [-0.1, -0.05) is 0 Å². The first kappa shape index (κ1) is 15.5. The van der Waals surface area contributed by atoms with Crippen molar-refractivity contribution in [2.45, 2.75) is 32.1 Å². The number of aliphatic carboxylic acids is 1. The molecule has 4 nitrogen and oxygen atoms in total. The number of aryl methyl sites for hydroxylation is 1. The molecule has 1 N–H and O–H groups in total. The molecule has 20 heavy (non-hydrogen) atoms. The molecule has 1 unspecified atom stereocenters. The maximum Gasteiger partial charge on any atom is 0.303 e. The molecule has 0 saturated carbocycles. The second-order valence-electron chi connectivity index (χ2n) is 5.15. The van der Waals surface area contributed by atoms with E-state index in [0.29, 0.717) is 19.5 Å². The number of carbonyl (C=O) groups excluding carboxylic acids is 1. The molecule has 1 amide bonds. The van der Waals surface area contributed by atoms with Crippen molar-refractivity contribution in [3.05, 3.63) is 20.8 Å². The maximum atomic E-state index is 12.0. The Balaban J connectivity index is 1.69. The van der Waals surface area contributed by atoms with Crippen LogP contribution in [0.1, 0.15) is 30.6 Å². The summed E-state index contributed by atoms with van der Waals surface area (Å²) < 4.78 is 1.12. The number of carboxylic acid groups (broad SMARTS) is 1. The van der Waals surface area contributed by atoms with Gasteiger partial charge >= 0.3 is 5.97 Å². The molecule has 1 aliphatic heterocycles. The van der Waals surface area contributed by atoms with E-state index in [0.717, 1.165) is 23.0 Å². The number of thiophene rings is 1. The van der Waals surface area contributed by atoms with Crippen molar-refractivity contribution >= 4 is 39.1 Å². The molecule has 2 rings (SSSR count). The molecule has 110 valence electrons. The summed E-state index contributed by atoms with van der Waals surface area (Å²) in [4.78, 5) is 25.8. The number of hydrogen-bond acceptors (Lipinski definition) is 3. The molecule has 0 aliphatic carbocycles. The summed E-state index contributed by atoms with van der Waals surface area (Å²) in [6.45, 7) is 1.32. The van der Waals surface area contributed by atoms with Gasteiger partial charge in [0.25, 0.3) is 0 Å². The molecule has 0 aromatic carbocycles. The Morgan fingerprint density at radius 3 is 2.90 bits per heavy atom. The van der Waals surface area contributed by atoms with Gasteiger partial charge in [0.15, 0.2) is 0 Å². The second kappa shape index (κ2) is 7.22. The third kappa shape index (κ3) is 4.59. The SMILES string of the molecule is O=C(O)CC1CCN(C(=O)CCCc2ccc(Br)s2)C1. The minimum atomic E-state index is -0.771. The molecule has 0 spiro atoms. The van der Waals surface area contributed by atoms with Gasteiger partial charge in [0, 0.05) is 30.8 Å². The van der Waals surface area contributed by atoms with Crippen LogP contribution >= 0.6 is 27.3 Å². The van der Waals surface area contributed by atoms with E-state index in [-0.39, 0.29) is 18.2 Å². The van der Waals surface area contributed by atoms with E-state index in [4.69, 9.17) is 5.11 Å². The van der Waals surface area contributed by atoms with Gasteiger partial charge in [0.1, 0.15) is 0 Å². The van der Waals surface area contributed by atoms with E-state index < -0.39 is 5.97 Å². The van der Waals surface area contributed by atoms with E-state index in [1.807, 2.05) is 11.0 Å². The van der Waals surface area contributed by atoms with Gasteiger partial charge < -0.3 is 10.0 Å². The third-order valence-electron chi connectivity index (χ3n) is 3.54. The van der Waals surface area contributed by atoms with E-state index >= 15 is 0 Å². The largest absolute Gasteiger partial charge is 0.481 e. The molecule has 1 atom stereocenters. The zero-order valence-corrected chi connectivity index (χ0v) is 13.6. The van der Waals surface area contributed by atoms with Gasteiger partial charge in [-0.2, -0.15) is 0 Å². The minimum Gasteiger partial charge on any atom is -0.481 e. The average Bonchev–Trinajstić information content (AvgIpc) is 2.98. The molecule has 1 aromatic rings. The van der Waals surface area contributed by atoms with Gasteiger partial charge in [-0.15, -0.1) is 11.3 Å². The number of nitrogens with zero attached hydrogens (tertiary/aromatic N) is 1. The van der Waals surface area contributed by atoms with Crippen LogP contribution in [0, 0.1) is 5.92 Å². The van der Waals surface area contributed by atoms with E-state index in [1.165, 1.54) is 4.88 Å². The smallest absolute Gasteiger partial charge is 0.303 e. The molecular weight excluding hydrogens is 342 g/mol. The predicted octanol–water partition coefficient (Wildman–Crippen LogP) is 3.16. The van der Waals surface area contributed by atoms with Crippen LogP contribution in [0.25, 0.3) is 0 Å². The maximum absolute atomic E-state index is 12.0. The van der Waals surface area contributed by atoms with Gasteiger partial charge in [-0.05, 0) is 53.2 Å². The summed E-state index contributed by atoms with van der Waals surface area (Å²) in [5.74, 6) is -0.481. The number of carbonyl (C=O) groups is 2. The second-order valence-corrected chi connectivity index (χ2v) is 7.70. The highest BCUT2D eigenvalue weighted by Crippen LogP contribution is 2.24. The molecule has 1 aromatic heterocycles. The number of amides is 1. The van der Waals surface area contributed by atoms with Gasteiger partial charge in [-0.25, -0.2) is 0 Å². The lowest BCUT2D eigenvalue weighted by Crippen LogP contribution is -2.28. The van der Waals surface area contributed by atoms with Crippen LogP contribution in [0.4, 0.5) is 0 Å². The number of halogens is 1. The Labute approximate surface area is 130 Å². The standard InChI is InChI=1S/C14H18BrNO3S/c15-12-5-4-11(20-12)2-1-3-13(17)16-7-6-10(9-16)8-14(18)19/h4-5,10H,1-3,6-9H2,(H,18,19). The van der Waals surface area contributed by atoms with Crippen LogP contribution < -0.4 is 0 Å². The monoisotopic (exact) mass is 359 g/mol. The van der Waals surface area contributed by atoms with Crippen molar-refractivity contribution in [2.75, 3.05) is 13.1 Å². The molecule has 6 heteroatoms. The molecule has 2 heterocycles. The molecule has 1 fully saturated rings. The highest BCUT2D eigenvalue weighted by atomic mass is 79.9. The lowest BCUT2D eigenvalue weighted by atomic mass is 10.1. The van der Waals surface area contributed by atoms with Crippen LogP contribution in [0.5, 0.6) is 0 Å². The number of likely N-dealkylation sites (tertiary alicyclic amines) is 1. The fourth-order valence-electron chi connectivity index (χ4n) is 2.53. The lowest BCUT2D eigenvalue weighted by Gasteiger charge is -2.16. The molecular formula is C14H18BrNO3S. The molecule has 1 saturated heterocycles. The van der Waals surface area contributed by atoms with Crippen molar-refractivity contribution in [3.8, 4) is 0 Å². The summed E-state index contributed by atoms with van der Waals surface area (Å²) in [6.07, 6.45) is 3.32. The first-order chi connectivity index (χ1) is 9.54. The molecule has 1 aliphatic rings. The predicted molar refractivity (Wildman–Crippen MR) is 81.9 cm³/mol. The first-order valence-electron chi connectivity index (χ1n) is 6.78. The summed E-state index contributed by atoms with van der Waals surface area (Å²) in [5.41, 5.74) is 0. The summed E-state index contributed by atoms with van der Waals surface area (Å²) in [6, 6.07) is 4.11. The van der Waals surface area contributed by atoms with Gasteiger partial charge in [-0.3, -0.25) is 9.59 Å². The number of rotatable bonds is 6. The summed E-state index contributed by atoms with van der Waals surface area (Å²) in [5, 5.41) is 8.76. The van der Waals surface area contributed by atoms with E-state index in [9.17, 15) is 9.59 Å². The zero-order chi connectivity index (χ0) is 14.5. The lowest BCUT2D eigenvalue weighted by molar-refractivity contribution is -0.138. The summed E-state index contributed by atoms with van der Waals surface area (Å²) >= 11 is 5.13. The number of hydrogen-bond donors (Lipinski definition) is 1. The Bertz CT molecular complexity index is 489. The highest BCUT2D eigenvalue weighted by Gasteiger charge is 2.27. The van der Waals surface area contributed by atoms with E-state index in [1.54, 1.807) is 11.3 Å². The fraction of sp³-hybridized carbons (Fsp3) is 0.571. The Hall–Kier alpha value is -0.880. The molecule has 0 radical (unpaired) electrons. The molecule has 0 bridgehead atoms. The normalized spacial score (nSPS) is 18.4. The Kier molecular flexibility index (Phi) is 5.60. The summed E-state index contributed by atoms with van der Waals surface area (Å²) in [7, 11) is 0. The van der Waals surface area contributed by atoms with Crippen LogP contribution in [0.15, 0.2) is 15.9 Å². The van der Waals surface area contributed by atoms with Crippen molar-refractivity contribution in [3.63, 3.8) is 0 Å². The Morgan fingerprint density at radius 2 is 2.25 bits per heavy atom. The minimum absolute atomic E-state index is 0.129. The van der Waals surface area contributed by atoms with Gasteiger partial charge in [0.2, 0.25) is 5.91 Å². The van der Waals surface area contributed by atoms with Crippen LogP contribution in [0.2, 0.25) is 0 Å². The fourth-order valence-corrected chi connectivity index (χ4v) is 4.06. The first-order valence-corrected chi connectivity index (χ1v) is 8.39. The van der Waals surface area contributed by atoms with Crippen LogP contribution in [0.3, 0.4) is 0 Å². The highest BCUT2D eigenvalue weighted by molar-refractivity contribution is 9.11. The third-order valence-corrected chi connectivity index (χ3v) is 5.23. The topological polar surface area (TPSA) is 57.6 Å². The van der Waals surface area contributed by atoms with Crippen molar-refractivity contribution in [2.24, 2.45) is 5.92 Å². The number of carboxylic acids is 1. The Morgan fingerprint density at radius 1 is 1.45 bits per heavy atom. The van der Waals surface area contributed by atoms with Crippen molar-refractivity contribution in [1.29, 1.82) is 0 Å². The zero-order valence-electron chi connectivity index (χ0n) is 11.2. The van der Waals surface area contributed by atoms with Crippen LogP contribution in [-0.4, -0.2) is 35.0 Å². The van der Waals surface area contributed by atoms with Crippen LogP contribution in [-0.2, 0) is 16.0 Å². The van der Waals surface area contributed by atoms with Crippen molar-refractivity contribution in [1.82, 2.24) is 4.90 Å².